The predicted molar refractivity (Wildman–Crippen MR) is 81.0 cm³/mol. The summed E-state index contributed by atoms with van der Waals surface area (Å²) in [6.07, 6.45) is 6.37. The van der Waals surface area contributed by atoms with Gasteiger partial charge < -0.3 is 15.5 Å². The molecule has 0 aliphatic carbocycles. The fraction of sp³-hybridized carbons (Fsp3) is 0.667. The first kappa shape index (κ1) is 14.3. The van der Waals surface area contributed by atoms with E-state index in [1.165, 1.54) is 0 Å². The van der Waals surface area contributed by atoms with E-state index in [2.05, 4.69) is 32.4 Å². The van der Waals surface area contributed by atoms with Gasteiger partial charge >= 0.3 is 0 Å². The molecule has 2 fully saturated rings. The summed E-state index contributed by atoms with van der Waals surface area (Å²) < 4.78 is 0. The molecule has 0 bridgehead atoms. The number of aromatic nitrogens is 2. The minimum absolute atomic E-state index is 0.196. The van der Waals surface area contributed by atoms with E-state index < -0.39 is 0 Å². The Bertz CT molecular complexity index is 478. The van der Waals surface area contributed by atoms with Crippen LogP contribution in [-0.2, 0) is 4.79 Å². The summed E-state index contributed by atoms with van der Waals surface area (Å²) in [5, 5.41) is 6.50. The Morgan fingerprint density at radius 2 is 2.10 bits per heavy atom. The molecule has 0 spiro atoms. The van der Waals surface area contributed by atoms with Gasteiger partial charge in [-0.05, 0) is 38.8 Å². The highest BCUT2D eigenvalue weighted by Crippen LogP contribution is 2.25. The summed E-state index contributed by atoms with van der Waals surface area (Å²) in [5.41, 5.74) is -0.236. The lowest BCUT2D eigenvalue weighted by atomic mass is 9.88. The molecule has 0 aromatic carbocycles. The lowest BCUT2D eigenvalue weighted by Crippen LogP contribution is -2.49. The van der Waals surface area contributed by atoms with Crippen LogP contribution in [0.15, 0.2) is 18.5 Å². The van der Waals surface area contributed by atoms with E-state index in [-0.39, 0.29) is 17.4 Å². The standard InChI is InChI=1S/C15H23N5O/c1-15(5-8-16-11-15)13(21)19-12-3-9-20(10-4-12)14-17-6-2-7-18-14/h2,6-7,12,16H,3-5,8-11H2,1H3,(H,19,21). The van der Waals surface area contributed by atoms with Crippen LogP contribution in [0.2, 0.25) is 0 Å². The van der Waals surface area contributed by atoms with Crippen LogP contribution >= 0.6 is 0 Å². The second-order valence-corrected chi connectivity index (χ2v) is 6.27. The molecule has 2 saturated heterocycles. The molecule has 1 amide bonds. The smallest absolute Gasteiger partial charge is 0.227 e. The van der Waals surface area contributed by atoms with Crippen molar-refractivity contribution in [2.24, 2.45) is 5.41 Å². The van der Waals surface area contributed by atoms with E-state index in [1.807, 2.05) is 6.07 Å². The van der Waals surface area contributed by atoms with Gasteiger partial charge in [0.05, 0.1) is 5.41 Å². The zero-order valence-corrected chi connectivity index (χ0v) is 12.5. The minimum atomic E-state index is -0.236. The number of carbonyl (C=O) groups excluding carboxylic acids is 1. The summed E-state index contributed by atoms with van der Waals surface area (Å²) in [5.74, 6) is 0.983. The number of hydrogen-bond donors (Lipinski definition) is 2. The topological polar surface area (TPSA) is 70.2 Å². The molecular formula is C15H23N5O. The predicted octanol–water partition coefficient (Wildman–Crippen LogP) is 0.561. The van der Waals surface area contributed by atoms with Crippen molar-refractivity contribution in [3.05, 3.63) is 18.5 Å². The van der Waals surface area contributed by atoms with Gasteiger partial charge in [-0.3, -0.25) is 4.79 Å². The van der Waals surface area contributed by atoms with Gasteiger partial charge in [-0.1, -0.05) is 0 Å². The normalized spacial score (nSPS) is 26.8. The summed E-state index contributed by atoms with van der Waals surface area (Å²) in [6, 6.07) is 2.10. The number of nitrogens with zero attached hydrogens (tertiary/aromatic N) is 3. The lowest BCUT2D eigenvalue weighted by Gasteiger charge is -2.34. The second-order valence-electron chi connectivity index (χ2n) is 6.27. The molecule has 6 heteroatoms. The maximum absolute atomic E-state index is 12.4. The van der Waals surface area contributed by atoms with Crippen LogP contribution in [0.4, 0.5) is 5.95 Å². The van der Waals surface area contributed by atoms with Gasteiger partial charge in [0.1, 0.15) is 0 Å². The molecule has 1 unspecified atom stereocenters. The van der Waals surface area contributed by atoms with Crippen LogP contribution in [-0.4, -0.2) is 48.1 Å². The van der Waals surface area contributed by atoms with Crippen molar-refractivity contribution in [1.29, 1.82) is 0 Å². The molecule has 3 rings (SSSR count). The Hall–Kier alpha value is -1.69. The Kier molecular flexibility index (Phi) is 4.05. The third-order valence-electron chi connectivity index (χ3n) is 4.58. The summed E-state index contributed by atoms with van der Waals surface area (Å²) in [6.45, 7) is 5.56. The average molecular weight is 289 g/mol. The van der Waals surface area contributed by atoms with Gasteiger partial charge in [0, 0.05) is 38.1 Å². The molecule has 0 saturated carbocycles. The van der Waals surface area contributed by atoms with E-state index >= 15 is 0 Å². The van der Waals surface area contributed by atoms with E-state index in [9.17, 15) is 4.79 Å². The molecule has 3 heterocycles. The van der Waals surface area contributed by atoms with Crippen molar-refractivity contribution in [2.45, 2.75) is 32.2 Å². The molecule has 2 aliphatic heterocycles. The largest absolute Gasteiger partial charge is 0.353 e. The first-order valence-corrected chi connectivity index (χ1v) is 7.71. The van der Waals surface area contributed by atoms with Crippen LogP contribution in [0.5, 0.6) is 0 Å². The van der Waals surface area contributed by atoms with Gasteiger partial charge in [0.2, 0.25) is 11.9 Å². The lowest BCUT2D eigenvalue weighted by molar-refractivity contribution is -0.130. The first-order valence-electron chi connectivity index (χ1n) is 7.71. The molecule has 1 atom stereocenters. The van der Waals surface area contributed by atoms with Crippen molar-refractivity contribution < 1.29 is 4.79 Å². The average Bonchev–Trinajstić information content (AvgIpc) is 2.97. The number of carbonyl (C=O) groups is 1. The second kappa shape index (κ2) is 5.97. The Labute approximate surface area is 125 Å². The van der Waals surface area contributed by atoms with E-state index in [4.69, 9.17) is 0 Å². The van der Waals surface area contributed by atoms with Crippen LogP contribution in [0, 0.1) is 5.41 Å². The van der Waals surface area contributed by atoms with Gasteiger partial charge in [-0.2, -0.15) is 0 Å². The molecule has 6 nitrogen and oxygen atoms in total. The maximum Gasteiger partial charge on any atom is 0.227 e. The molecule has 1 aromatic heterocycles. The quantitative estimate of drug-likeness (QED) is 0.851. The van der Waals surface area contributed by atoms with Crippen molar-refractivity contribution in [3.63, 3.8) is 0 Å². The fourth-order valence-corrected chi connectivity index (χ4v) is 3.05. The van der Waals surface area contributed by atoms with Crippen molar-refractivity contribution >= 4 is 11.9 Å². The fourth-order valence-electron chi connectivity index (χ4n) is 3.05. The van der Waals surface area contributed by atoms with Crippen LogP contribution in [0.3, 0.4) is 0 Å². The number of anilines is 1. The highest BCUT2D eigenvalue weighted by Gasteiger charge is 2.37. The number of nitrogens with one attached hydrogen (secondary N) is 2. The monoisotopic (exact) mass is 289 g/mol. The van der Waals surface area contributed by atoms with Crippen molar-refractivity contribution in [2.75, 3.05) is 31.1 Å². The van der Waals surface area contributed by atoms with Crippen molar-refractivity contribution in [1.82, 2.24) is 20.6 Å². The summed E-state index contributed by atoms with van der Waals surface area (Å²) >= 11 is 0. The van der Waals surface area contributed by atoms with Crippen molar-refractivity contribution in [3.8, 4) is 0 Å². The Balaban J connectivity index is 1.51. The summed E-state index contributed by atoms with van der Waals surface area (Å²) in [7, 11) is 0. The third kappa shape index (κ3) is 3.15. The SMILES string of the molecule is CC1(C(=O)NC2CCN(c3ncccn3)CC2)CCNC1. The molecule has 0 radical (unpaired) electrons. The molecule has 114 valence electrons. The number of amides is 1. The van der Waals surface area contributed by atoms with Crippen LogP contribution < -0.4 is 15.5 Å². The van der Waals surface area contributed by atoms with Gasteiger partial charge in [-0.15, -0.1) is 0 Å². The Morgan fingerprint density at radius 1 is 1.38 bits per heavy atom. The molecular weight excluding hydrogens is 266 g/mol. The van der Waals surface area contributed by atoms with Crippen LogP contribution in [0.1, 0.15) is 26.2 Å². The van der Waals surface area contributed by atoms with E-state index in [1.54, 1.807) is 12.4 Å². The van der Waals surface area contributed by atoms with Gasteiger partial charge in [0.25, 0.3) is 0 Å². The minimum Gasteiger partial charge on any atom is -0.353 e. The highest BCUT2D eigenvalue weighted by atomic mass is 16.2. The van der Waals surface area contributed by atoms with Crippen LogP contribution in [0.25, 0.3) is 0 Å². The van der Waals surface area contributed by atoms with E-state index in [0.717, 1.165) is 51.4 Å². The first-order chi connectivity index (χ1) is 10.2. The highest BCUT2D eigenvalue weighted by molar-refractivity contribution is 5.83. The van der Waals surface area contributed by atoms with Gasteiger partial charge in [-0.25, -0.2) is 9.97 Å². The zero-order chi connectivity index (χ0) is 14.7. The zero-order valence-electron chi connectivity index (χ0n) is 12.5. The third-order valence-corrected chi connectivity index (χ3v) is 4.58. The molecule has 2 aliphatic rings. The summed E-state index contributed by atoms with van der Waals surface area (Å²) in [4.78, 5) is 23.1. The number of piperidine rings is 1. The maximum atomic E-state index is 12.4. The Morgan fingerprint density at radius 3 is 2.71 bits per heavy atom. The molecule has 21 heavy (non-hydrogen) atoms. The molecule has 2 N–H and O–H groups in total. The van der Waals surface area contributed by atoms with E-state index in [0.29, 0.717) is 0 Å². The van der Waals surface area contributed by atoms with Gasteiger partial charge in [0.15, 0.2) is 0 Å². The molecule has 1 aromatic rings. The number of rotatable bonds is 3. The number of hydrogen-bond acceptors (Lipinski definition) is 5.